The second-order valence-corrected chi connectivity index (χ2v) is 5.52. The zero-order chi connectivity index (χ0) is 20.1. The van der Waals surface area contributed by atoms with Gasteiger partial charge >= 0.3 is 12.1 Å². The number of aliphatic hydroxyl groups is 1. The Kier molecular flexibility index (Phi) is 6.94. The van der Waals surface area contributed by atoms with E-state index in [4.69, 9.17) is 27.9 Å². The van der Waals surface area contributed by atoms with Gasteiger partial charge in [0.1, 0.15) is 18.0 Å². The maximum atomic E-state index is 13.8. The molecule has 142 valence electrons. The van der Waals surface area contributed by atoms with Crippen LogP contribution < -0.4 is 4.74 Å². The summed E-state index contributed by atoms with van der Waals surface area (Å²) in [6.07, 6.45) is -0.303. The number of halogens is 5. The molecular formula is C15H13ClF4N2O4. The summed E-state index contributed by atoms with van der Waals surface area (Å²) in [4.78, 5) is 10.8. The smallest absolute Gasteiger partial charge is 0.419 e. The molecule has 0 aliphatic carbocycles. The largest absolute Gasteiger partial charge is 0.481 e. The minimum absolute atomic E-state index is 0.0787. The topological polar surface area (TPSA) is 91.5 Å². The Bertz CT molecular complexity index is 748. The number of ether oxygens (including phenoxy) is 1. The molecule has 0 aliphatic heterocycles. The van der Waals surface area contributed by atoms with E-state index in [1.54, 1.807) is 0 Å². The monoisotopic (exact) mass is 396 g/mol. The molecule has 0 saturated heterocycles. The fraction of sp³-hybridized carbons (Fsp3) is 0.400. The summed E-state index contributed by atoms with van der Waals surface area (Å²) < 4.78 is 57.9. The molecule has 0 aromatic heterocycles. The molecule has 0 fully saturated rings. The van der Waals surface area contributed by atoms with Crippen molar-refractivity contribution in [3.63, 3.8) is 0 Å². The summed E-state index contributed by atoms with van der Waals surface area (Å²) in [6.45, 7) is -0.988. The Morgan fingerprint density at radius 2 is 2.08 bits per heavy atom. The number of carbonyl (C=O) groups is 1. The van der Waals surface area contributed by atoms with E-state index in [1.165, 1.54) is 0 Å². The summed E-state index contributed by atoms with van der Waals surface area (Å²) in [5.74, 6) is -3.08. The number of nitrogens with zero attached hydrogens (tertiary/aromatic N) is 2. The molecule has 0 bridgehead atoms. The molecular weight excluding hydrogens is 384 g/mol. The Balaban J connectivity index is 3.12. The number of carboxylic acids is 1. The van der Waals surface area contributed by atoms with Crippen LogP contribution in [0.1, 0.15) is 6.92 Å². The van der Waals surface area contributed by atoms with Crippen LogP contribution in [0.5, 0.6) is 5.75 Å². The highest BCUT2D eigenvalue weighted by Gasteiger charge is 2.59. The van der Waals surface area contributed by atoms with Gasteiger partial charge < -0.3 is 14.9 Å². The third kappa shape index (κ3) is 4.83. The Hall–Kier alpha value is -2.38. The third-order valence-electron chi connectivity index (χ3n) is 3.38. The average molecular weight is 397 g/mol. The highest BCUT2D eigenvalue weighted by Crippen LogP contribution is 2.38. The molecule has 1 rings (SSSR count). The molecule has 2 unspecified atom stereocenters. The lowest BCUT2D eigenvalue weighted by Gasteiger charge is -2.31. The number of hydrogen-bond donors (Lipinski definition) is 2. The first-order chi connectivity index (χ1) is 11.9. The first-order valence-corrected chi connectivity index (χ1v) is 7.26. The van der Waals surface area contributed by atoms with Gasteiger partial charge in [-0.3, -0.25) is 4.79 Å². The molecule has 0 saturated carbocycles. The van der Waals surface area contributed by atoms with Crippen molar-refractivity contribution in [1.29, 1.82) is 0 Å². The van der Waals surface area contributed by atoms with Crippen molar-refractivity contribution in [2.45, 2.75) is 18.7 Å². The third-order valence-corrected chi connectivity index (χ3v) is 3.68. The number of azo groups is 1. The van der Waals surface area contributed by atoms with Gasteiger partial charge in [-0.2, -0.15) is 23.4 Å². The van der Waals surface area contributed by atoms with E-state index >= 15 is 0 Å². The van der Waals surface area contributed by atoms with E-state index in [2.05, 4.69) is 16.1 Å². The van der Waals surface area contributed by atoms with Crippen LogP contribution in [0.4, 0.5) is 23.2 Å². The predicted molar refractivity (Wildman–Crippen MR) is 82.9 cm³/mol. The van der Waals surface area contributed by atoms with Crippen LogP contribution in [0, 0.1) is 24.1 Å². The second-order valence-electron chi connectivity index (χ2n) is 5.11. The van der Waals surface area contributed by atoms with E-state index in [0.717, 1.165) is 12.1 Å². The zero-order valence-corrected chi connectivity index (χ0v) is 14.0. The first kappa shape index (κ1) is 21.7. The summed E-state index contributed by atoms with van der Waals surface area (Å²) in [6, 6.07) is 1.74. The van der Waals surface area contributed by atoms with Crippen LogP contribution in [-0.4, -0.2) is 41.1 Å². The summed E-state index contributed by atoms with van der Waals surface area (Å²) >= 11 is 5.72. The summed E-state index contributed by atoms with van der Waals surface area (Å²) in [7, 11) is 0. The minimum Gasteiger partial charge on any atom is -0.481 e. The molecule has 2 atom stereocenters. The normalized spacial score (nSPS) is 15.3. The maximum absolute atomic E-state index is 13.8. The van der Waals surface area contributed by atoms with Gasteiger partial charge in [0, 0.05) is 6.07 Å². The molecule has 0 aliphatic rings. The quantitative estimate of drug-likeness (QED) is 0.418. The number of alkyl halides is 3. The van der Waals surface area contributed by atoms with Gasteiger partial charge in [0.15, 0.2) is 11.4 Å². The SMILES string of the molecule is C#CCOc1cc(N=NCC(O)(C(C)C(=O)O)C(F)(F)F)c(F)cc1Cl. The van der Waals surface area contributed by atoms with Gasteiger partial charge in [0.25, 0.3) is 0 Å². The van der Waals surface area contributed by atoms with E-state index in [9.17, 15) is 27.5 Å². The van der Waals surface area contributed by atoms with Gasteiger partial charge in [-0.15, -0.1) is 6.42 Å². The van der Waals surface area contributed by atoms with Gasteiger partial charge in [0.05, 0.1) is 17.5 Å². The number of aliphatic carboxylic acids is 1. The van der Waals surface area contributed by atoms with Gasteiger partial charge in [-0.1, -0.05) is 17.5 Å². The number of benzene rings is 1. The van der Waals surface area contributed by atoms with Gasteiger partial charge in [-0.25, -0.2) is 4.39 Å². The number of hydrogen-bond acceptors (Lipinski definition) is 5. The molecule has 2 N–H and O–H groups in total. The number of carboxylic acid groups (broad SMARTS) is 1. The fourth-order valence-corrected chi connectivity index (χ4v) is 1.93. The van der Waals surface area contributed by atoms with E-state index in [0.29, 0.717) is 6.92 Å². The van der Waals surface area contributed by atoms with E-state index < -0.39 is 41.7 Å². The molecule has 0 amide bonds. The minimum atomic E-state index is -5.30. The molecule has 26 heavy (non-hydrogen) atoms. The van der Waals surface area contributed by atoms with Crippen molar-refractivity contribution in [3.05, 3.63) is 23.0 Å². The highest BCUT2D eigenvalue weighted by atomic mass is 35.5. The molecule has 0 radical (unpaired) electrons. The van der Waals surface area contributed by atoms with Crippen LogP contribution in [0.2, 0.25) is 5.02 Å². The second kappa shape index (κ2) is 8.33. The van der Waals surface area contributed by atoms with Crippen LogP contribution in [0.15, 0.2) is 22.4 Å². The van der Waals surface area contributed by atoms with E-state index in [1.807, 2.05) is 0 Å². The Morgan fingerprint density at radius 3 is 2.58 bits per heavy atom. The van der Waals surface area contributed by atoms with Crippen LogP contribution in [0.25, 0.3) is 0 Å². The summed E-state index contributed by atoms with van der Waals surface area (Å²) in [5.41, 5.74) is -4.22. The van der Waals surface area contributed by atoms with Crippen molar-refractivity contribution in [3.8, 4) is 18.1 Å². The lowest BCUT2D eigenvalue weighted by molar-refractivity contribution is -0.272. The van der Waals surface area contributed by atoms with Gasteiger partial charge in [-0.05, 0) is 13.0 Å². The zero-order valence-electron chi connectivity index (χ0n) is 13.2. The Labute approximate surface area is 150 Å². The molecule has 0 heterocycles. The molecule has 11 heteroatoms. The van der Waals surface area contributed by atoms with Crippen LogP contribution >= 0.6 is 11.6 Å². The molecule has 1 aromatic rings. The predicted octanol–water partition coefficient (Wildman–Crippen LogP) is 3.59. The first-order valence-electron chi connectivity index (χ1n) is 6.88. The van der Waals surface area contributed by atoms with Gasteiger partial charge in [0.2, 0.25) is 0 Å². The molecule has 1 aromatic carbocycles. The number of rotatable bonds is 7. The van der Waals surface area contributed by atoms with E-state index in [-0.39, 0.29) is 17.4 Å². The highest BCUT2D eigenvalue weighted by molar-refractivity contribution is 6.32. The van der Waals surface area contributed by atoms with Crippen molar-refractivity contribution in [2.24, 2.45) is 16.1 Å². The molecule has 0 spiro atoms. The lowest BCUT2D eigenvalue weighted by Crippen LogP contribution is -2.55. The average Bonchev–Trinajstić information content (AvgIpc) is 2.53. The summed E-state index contributed by atoms with van der Waals surface area (Å²) in [5, 5.41) is 24.7. The molecule has 6 nitrogen and oxygen atoms in total. The van der Waals surface area contributed by atoms with Crippen molar-refractivity contribution >= 4 is 23.3 Å². The van der Waals surface area contributed by atoms with Crippen LogP contribution in [-0.2, 0) is 4.79 Å². The standard InChI is InChI=1S/C15H13ClF4N2O4/c1-3-4-26-12-6-11(10(17)5-9(12)16)22-21-7-14(25,15(18,19)20)8(2)13(23)24/h1,5-6,8,25H,4,7H2,2H3,(H,23,24). The Morgan fingerprint density at radius 1 is 1.46 bits per heavy atom. The van der Waals surface area contributed by atoms with Crippen molar-refractivity contribution < 1.29 is 37.3 Å². The number of terminal acetylenes is 1. The lowest BCUT2D eigenvalue weighted by atomic mass is 9.88. The van der Waals surface area contributed by atoms with Crippen LogP contribution in [0.3, 0.4) is 0 Å². The fourth-order valence-electron chi connectivity index (χ4n) is 1.72. The van der Waals surface area contributed by atoms with Crippen molar-refractivity contribution in [1.82, 2.24) is 0 Å². The van der Waals surface area contributed by atoms with Crippen molar-refractivity contribution in [2.75, 3.05) is 13.2 Å². The maximum Gasteiger partial charge on any atom is 0.419 e.